The first-order valence-electron chi connectivity index (χ1n) is 5.72. The van der Waals surface area contributed by atoms with E-state index in [0.29, 0.717) is 25.1 Å². The van der Waals surface area contributed by atoms with E-state index in [2.05, 4.69) is 4.98 Å². The van der Waals surface area contributed by atoms with E-state index in [0.717, 1.165) is 6.42 Å². The molecule has 0 bridgehead atoms. The van der Waals surface area contributed by atoms with Gasteiger partial charge in [-0.2, -0.15) is 0 Å². The summed E-state index contributed by atoms with van der Waals surface area (Å²) in [5, 5.41) is 10.5. The van der Waals surface area contributed by atoms with Crippen LogP contribution in [0.5, 0.6) is 0 Å². The zero-order valence-corrected chi connectivity index (χ0v) is 11.5. The summed E-state index contributed by atoms with van der Waals surface area (Å²) in [6, 6.07) is 1.45. The van der Waals surface area contributed by atoms with Crippen molar-refractivity contribution >= 4 is 29.1 Å². The van der Waals surface area contributed by atoms with Crippen molar-refractivity contribution in [2.24, 2.45) is 0 Å². The average Bonchev–Trinajstić information content (AvgIpc) is 2.30. The Kier molecular flexibility index (Phi) is 3.80. The zero-order valence-electron chi connectivity index (χ0n) is 9.99. The summed E-state index contributed by atoms with van der Waals surface area (Å²) in [4.78, 5) is 17.7. The second-order valence-corrected chi connectivity index (χ2v) is 5.61. The first-order chi connectivity index (χ1) is 8.39. The molecular weight excluding hydrogens is 275 g/mol. The van der Waals surface area contributed by atoms with E-state index in [9.17, 15) is 9.90 Å². The number of carbonyl (C=O) groups excluding carboxylic acids is 1. The van der Waals surface area contributed by atoms with Crippen LogP contribution < -0.4 is 0 Å². The number of rotatable bonds is 1. The number of likely N-dealkylation sites (tertiary alicyclic amines) is 1. The standard InChI is InChI=1S/C12H14Cl2N2O2/c1-12(18)3-2-4-16(7-12)11(17)8-5-10(14)15-6-9(8)13/h5-6,18H,2-4,7H2,1H3. The number of pyridine rings is 1. The molecule has 1 aliphatic heterocycles. The number of carbonyl (C=O) groups is 1. The Bertz CT molecular complexity index is 477. The van der Waals surface area contributed by atoms with Crippen molar-refractivity contribution in [3.8, 4) is 0 Å². The predicted molar refractivity (Wildman–Crippen MR) is 70.0 cm³/mol. The monoisotopic (exact) mass is 288 g/mol. The van der Waals surface area contributed by atoms with E-state index >= 15 is 0 Å². The van der Waals surface area contributed by atoms with E-state index in [1.165, 1.54) is 12.3 Å². The third-order valence-corrected chi connectivity index (χ3v) is 3.52. The third-order valence-electron chi connectivity index (χ3n) is 3.01. The number of amides is 1. The number of hydrogen-bond acceptors (Lipinski definition) is 3. The van der Waals surface area contributed by atoms with Gasteiger partial charge in [0.2, 0.25) is 0 Å². The molecule has 0 radical (unpaired) electrons. The molecule has 1 fully saturated rings. The van der Waals surface area contributed by atoms with Gasteiger partial charge >= 0.3 is 0 Å². The molecule has 98 valence electrons. The summed E-state index contributed by atoms with van der Waals surface area (Å²) in [6.07, 6.45) is 2.83. The van der Waals surface area contributed by atoms with Gasteiger partial charge in [-0.3, -0.25) is 4.79 Å². The minimum absolute atomic E-state index is 0.218. The van der Waals surface area contributed by atoms with Crippen LogP contribution in [0.2, 0.25) is 10.2 Å². The maximum atomic E-state index is 12.3. The van der Waals surface area contributed by atoms with Gasteiger partial charge in [-0.05, 0) is 25.8 Å². The van der Waals surface area contributed by atoms with Gasteiger partial charge in [0.05, 0.1) is 16.2 Å². The lowest BCUT2D eigenvalue weighted by Gasteiger charge is -2.36. The van der Waals surface area contributed by atoms with Crippen LogP contribution in [0.3, 0.4) is 0 Å². The molecule has 2 heterocycles. The van der Waals surface area contributed by atoms with Crippen LogP contribution in [0.25, 0.3) is 0 Å². The Morgan fingerprint density at radius 2 is 2.28 bits per heavy atom. The van der Waals surface area contributed by atoms with Gasteiger partial charge < -0.3 is 10.0 Å². The molecule has 1 aromatic rings. The molecule has 0 aromatic carbocycles. The fraction of sp³-hybridized carbons (Fsp3) is 0.500. The number of hydrogen-bond donors (Lipinski definition) is 1. The van der Waals surface area contributed by atoms with E-state index in [4.69, 9.17) is 23.2 Å². The summed E-state index contributed by atoms with van der Waals surface area (Å²) >= 11 is 11.7. The quantitative estimate of drug-likeness (QED) is 0.808. The molecule has 1 N–H and O–H groups in total. The number of nitrogens with zero attached hydrogens (tertiary/aromatic N) is 2. The molecule has 1 atom stereocenters. The first kappa shape index (κ1) is 13.6. The highest BCUT2D eigenvalue weighted by Crippen LogP contribution is 2.25. The van der Waals surface area contributed by atoms with E-state index in [1.807, 2.05) is 0 Å². The van der Waals surface area contributed by atoms with Crippen molar-refractivity contribution in [1.82, 2.24) is 9.88 Å². The second kappa shape index (κ2) is 5.03. The lowest BCUT2D eigenvalue weighted by atomic mass is 9.95. The summed E-state index contributed by atoms with van der Waals surface area (Å²) in [6.45, 7) is 2.65. The first-order valence-corrected chi connectivity index (χ1v) is 6.47. The summed E-state index contributed by atoms with van der Waals surface area (Å²) in [5.74, 6) is -0.218. The SMILES string of the molecule is CC1(O)CCCN(C(=O)c2cc(Cl)ncc2Cl)C1. The molecule has 4 nitrogen and oxygen atoms in total. The minimum atomic E-state index is -0.836. The number of halogens is 2. The minimum Gasteiger partial charge on any atom is -0.388 e. The van der Waals surface area contributed by atoms with Crippen LogP contribution in [0.4, 0.5) is 0 Å². The molecule has 1 amide bonds. The lowest BCUT2D eigenvalue weighted by molar-refractivity contribution is -0.0107. The number of piperidine rings is 1. The maximum Gasteiger partial charge on any atom is 0.255 e. The van der Waals surface area contributed by atoms with E-state index < -0.39 is 5.60 Å². The Morgan fingerprint density at radius 1 is 1.56 bits per heavy atom. The van der Waals surface area contributed by atoms with Crippen molar-refractivity contribution in [1.29, 1.82) is 0 Å². The summed E-state index contributed by atoms with van der Waals surface area (Å²) < 4.78 is 0. The molecule has 18 heavy (non-hydrogen) atoms. The van der Waals surface area contributed by atoms with Gasteiger partial charge in [0.15, 0.2) is 0 Å². The molecular formula is C12H14Cl2N2O2. The number of β-amino-alcohol motifs (C(OH)–C–C–N with tert-alkyl or cyclic N) is 1. The highest BCUT2D eigenvalue weighted by atomic mass is 35.5. The molecule has 0 aliphatic carbocycles. The summed E-state index contributed by atoms with van der Waals surface area (Å²) in [7, 11) is 0. The highest BCUT2D eigenvalue weighted by Gasteiger charge is 2.32. The lowest BCUT2D eigenvalue weighted by Crippen LogP contribution is -2.48. The second-order valence-electron chi connectivity index (χ2n) is 4.81. The molecule has 0 saturated carbocycles. The van der Waals surface area contributed by atoms with Crippen LogP contribution >= 0.6 is 23.2 Å². The fourth-order valence-electron chi connectivity index (χ4n) is 2.14. The van der Waals surface area contributed by atoms with Crippen molar-refractivity contribution in [3.05, 3.63) is 28.0 Å². The Hall–Kier alpha value is -0.840. The van der Waals surface area contributed by atoms with Crippen molar-refractivity contribution in [2.45, 2.75) is 25.4 Å². The van der Waals surface area contributed by atoms with Crippen LogP contribution in [-0.4, -0.2) is 39.6 Å². The molecule has 6 heteroatoms. The van der Waals surface area contributed by atoms with Crippen LogP contribution in [-0.2, 0) is 0 Å². The third kappa shape index (κ3) is 2.94. The smallest absolute Gasteiger partial charge is 0.255 e. The zero-order chi connectivity index (χ0) is 13.3. The Morgan fingerprint density at radius 3 is 2.94 bits per heavy atom. The average molecular weight is 289 g/mol. The normalized spacial score (nSPS) is 24.1. The molecule has 1 saturated heterocycles. The predicted octanol–water partition coefficient (Wildman–Crippen LogP) is 2.38. The van der Waals surface area contributed by atoms with Crippen molar-refractivity contribution in [3.63, 3.8) is 0 Å². The van der Waals surface area contributed by atoms with Gasteiger partial charge in [-0.1, -0.05) is 23.2 Å². The maximum absolute atomic E-state index is 12.3. The molecule has 0 spiro atoms. The van der Waals surface area contributed by atoms with E-state index in [1.54, 1.807) is 11.8 Å². The van der Waals surface area contributed by atoms with Gasteiger partial charge in [0.1, 0.15) is 5.15 Å². The van der Waals surface area contributed by atoms with Crippen molar-refractivity contribution < 1.29 is 9.90 Å². The Labute approximate surface area is 116 Å². The summed E-state index contributed by atoms with van der Waals surface area (Å²) in [5.41, 5.74) is -0.508. The van der Waals surface area contributed by atoms with Crippen LogP contribution in [0, 0.1) is 0 Å². The fourth-order valence-corrected chi connectivity index (χ4v) is 2.48. The number of aliphatic hydroxyl groups is 1. The Balaban J connectivity index is 2.23. The molecule has 1 aliphatic rings. The van der Waals surface area contributed by atoms with Crippen molar-refractivity contribution in [2.75, 3.05) is 13.1 Å². The highest BCUT2D eigenvalue weighted by molar-refractivity contribution is 6.35. The molecule has 2 rings (SSSR count). The molecule has 1 unspecified atom stereocenters. The van der Waals surface area contributed by atoms with E-state index in [-0.39, 0.29) is 16.1 Å². The largest absolute Gasteiger partial charge is 0.388 e. The van der Waals surface area contributed by atoms with Crippen LogP contribution in [0.1, 0.15) is 30.1 Å². The van der Waals surface area contributed by atoms with Gasteiger partial charge in [0, 0.05) is 19.3 Å². The number of aromatic nitrogens is 1. The molecule has 1 aromatic heterocycles. The van der Waals surface area contributed by atoms with Gasteiger partial charge in [0.25, 0.3) is 5.91 Å². The van der Waals surface area contributed by atoms with Gasteiger partial charge in [-0.15, -0.1) is 0 Å². The topological polar surface area (TPSA) is 53.4 Å². The van der Waals surface area contributed by atoms with Crippen LogP contribution in [0.15, 0.2) is 12.3 Å². The van der Waals surface area contributed by atoms with Gasteiger partial charge in [-0.25, -0.2) is 4.98 Å².